The summed E-state index contributed by atoms with van der Waals surface area (Å²) in [5, 5.41) is 3.40. The molecule has 3 rings (SSSR count). The normalized spacial score (nSPS) is 14.4. The van der Waals surface area contributed by atoms with E-state index in [4.69, 9.17) is 16.3 Å². The van der Waals surface area contributed by atoms with E-state index in [1.807, 2.05) is 12.1 Å². The highest BCUT2D eigenvalue weighted by Gasteiger charge is 2.21. The highest BCUT2D eigenvalue weighted by molar-refractivity contribution is 6.32. The molecule has 1 N–H and O–H groups in total. The minimum atomic E-state index is -0.117. The maximum atomic E-state index is 12.4. The van der Waals surface area contributed by atoms with Crippen molar-refractivity contribution in [3.8, 4) is 5.75 Å². The molecule has 126 valence electrons. The Morgan fingerprint density at radius 2 is 1.88 bits per heavy atom. The second-order valence-corrected chi connectivity index (χ2v) is 5.87. The third-order valence-corrected chi connectivity index (χ3v) is 4.31. The number of piperazine rings is 1. The average Bonchev–Trinajstić information content (AvgIpc) is 2.64. The molecule has 0 saturated carbocycles. The summed E-state index contributed by atoms with van der Waals surface area (Å²) in [5.41, 5.74) is 1.80. The van der Waals surface area contributed by atoms with Crippen molar-refractivity contribution >= 4 is 29.0 Å². The van der Waals surface area contributed by atoms with E-state index in [1.54, 1.807) is 42.6 Å². The maximum Gasteiger partial charge on any atom is 0.321 e. The van der Waals surface area contributed by atoms with Crippen LogP contribution in [-0.2, 0) is 0 Å². The van der Waals surface area contributed by atoms with E-state index in [1.165, 1.54) is 0 Å². The third kappa shape index (κ3) is 3.71. The molecule has 1 aromatic heterocycles. The van der Waals surface area contributed by atoms with Crippen LogP contribution in [0.25, 0.3) is 0 Å². The number of amides is 2. The summed E-state index contributed by atoms with van der Waals surface area (Å²) < 4.78 is 5.17. The zero-order chi connectivity index (χ0) is 16.9. The number of nitrogens with zero attached hydrogens (tertiary/aromatic N) is 3. The van der Waals surface area contributed by atoms with Crippen LogP contribution in [0.2, 0.25) is 5.02 Å². The fraction of sp³-hybridized carbons (Fsp3) is 0.294. The summed E-state index contributed by atoms with van der Waals surface area (Å²) in [7, 11) is 1.55. The van der Waals surface area contributed by atoms with Gasteiger partial charge in [0.15, 0.2) is 0 Å². The van der Waals surface area contributed by atoms with Gasteiger partial charge in [0.1, 0.15) is 5.75 Å². The van der Waals surface area contributed by atoms with E-state index in [9.17, 15) is 4.79 Å². The van der Waals surface area contributed by atoms with Gasteiger partial charge in [-0.05, 0) is 24.3 Å². The minimum absolute atomic E-state index is 0.117. The van der Waals surface area contributed by atoms with Gasteiger partial charge >= 0.3 is 6.03 Å². The SMILES string of the molecule is COc1cc(NC(=O)N2CCN(c3ccncc3)CC2)ccc1Cl. The predicted octanol–water partition coefficient (Wildman–Crippen LogP) is 3.10. The fourth-order valence-electron chi connectivity index (χ4n) is 2.66. The highest BCUT2D eigenvalue weighted by atomic mass is 35.5. The first-order chi connectivity index (χ1) is 11.7. The zero-order valence-electron chi connectivity index (χ0n) is 13.4. The van der Waals surface area contributed by atoms with Crippen molar-refractivity contribution in [3.05, 3.63) is 47.7 Å². The number of carbonyl (C=O) groups is 1. The molecule has 24 heavy (non-hydrogen) atoms. The van der Waals surface area contributed by atoms with Crippen LogP contribution in [0.15, 0.2) is 42.7 Å². The first kappa shape index (κ1) is 16.4. The van der Waals surface area contributed by atoms with E-state index >= 15 is 0 Å². The number of rotatable bonds is 3. The number of urea groups is 1. The molecule has 0 atom stereocenters. The van der Waals surface area contributed by atoms with Gasteiger partial charge in [-0.3, -0.25) is 4.98 Å². The number of carbonyl (C=O) groups excluding carboxylic acids is 1. The summed E-state index contributed by atoms with van der Waals surface area (Å²) in [6, 6.07) is 9.03. The number of nitrogens with one attached hydrogen (secondary N) is 1. The van der Waals surface area contributed by atoms with E-state index in [2.05, 4.69) is 15.2 Å². The standard InChI is InChI=1S/C17H19ClN4O2/c1-24-16-12-13(2-3-15(16)18)20-17(23)22-10-8-21(9-11-22)14-4-6-19-7-5-14/h2-7,12H,8-11H2,1H3,(H,20,23). The molecule has 1 fully saturated rings. The van der Waals surface area contributed by atoms with Crippen molar-refractivity contribution in [2.24, 2.45) is 0 Å². The van der Waals surface area contributed by atoms with Gasteiger partial charge in [0.25, 0.3) is 0 Å². The van der Waals surface area contributed by atoms with Crippen molar-refractivity contribution < 1.29 is 9.53 Å². The van der Waals surface area contributed by atoms with Crippen molar-refractivity contribution in [3.63, 3.8) is 0 Å². The van der Waals surface area contributed by atoms with Crippen LogP contribution in [-0.4, -0.2) is 49.2 Å². The van der Waals surface area contributed by atoms with Gasteiger partial charge in [-0.1, -0.05) is 11.6 Å². The van der Waals surface area contributed by atoms with Crippen LogP contribution in [0.5, 0.6) is 5.75 Å². The van der Waals surface area contributed by atoms with Gasteiger partial charge in [-0.15, -0.1) is 0 Å². The Morgan fingerprint density at radius 1 is 1.17 bits per heavy atom. The fourth-order valence-corrected chi connectivity index (χ4v) is 2.86. The molecule has 0 radical (unpaired) electrons. The summed E-state index contributed by atoms with van der Waals surface area (Å²) in [6.45, 7) is 2.92. The molecule has 7 heteroatoms. The van der Waals surface area contributed by atoms with Crippen molar-refractivity contribution in [2.75, 3.05) is 43.5 Å². The zero-order valence-corrected chi connectivity index (χ0v) is 14.2. The van der Waals surface area contributed by atoms with Gasteiger partial charge in [0.2, 0.25) is 0 Å². The number of pyridine rings is 1. The smallest absolute Gasteiger partial charge is 0.321 e. The Morgan fingerprint density at radius 3 is 2.54 bits per heavy atom. The first-order valence-electron chi connectivity index (χ1n) is 7.72. The summed E-state index contributed by atoms with van der Waals surface area (Å²) in [5.74, 6) is 0.539. The molecular weight excluding hydrogens is 328 g/mol. The Labute approximate surface area is 146 Å². The topological polar surface area (TPSA) is 57.7 Å². The van der Waals surface area contributed by atoms with Crippen LogP contribution >= 0.6 is 11.6 Å². The maximum absolute atomic E-state index is 12.4. The molecule has 6 nitrogen and oxygen atoms in total. The van der Waals surface area contributed by atoms with Gasteiger partial charge in [0, 0.05) is 56.0 Å². The van der Waals surface area contributed by atoms with E-state index < -0.39 is 0 Å². The summed E-state index contributed by atoms with van der Waals surface area (Å²) in [6.07, 6.45) is 3.56. The first-order valence-corrected chi connectivity index (χ1v) is 8.09. The average molecular weight is 347 g/mol. The van der Waals surface area contributed by atoms with Crippen molar-refractivity contribution in [1.29, 1.82) is 0 Å². The molecule has 2 amide bonds. The Kier molecular flexibility index (Phi) is 5.05. The summed E-state index contributed by atoms with van der Waals surface area (Å²) >= 11 is 6.00. The number of anilines is 2. The lowest BCUT2D eigenvalue weighted by Crippen LogP contribution is -2.50. The van der Waals surface area contributed by atoms with Crippen LogP contribution in [0.1, 0.15) is 0 Å². The molecule has 1 saturated heterocycles. The number of hydrogen-bond acceptors (Lipinski definition) is 4. The Balaban J connectivity index is 1.57. The van der Waals surface area contributed by atoms with E-state index in [0.717, 1.165) is 18.8 Å². The molecule has 2 heterocycles. The molecule has 2 aromatic rings. The van der Waals surface area contributed by atoms with E-state index in [-0.39, 0.29) is 6.03 Å². The summed E-state index contributed by atoms with van der Waals surface area (Å²) in [4.78, 5) is 20.5. The molecular formula is C17H19ClN4O2. The number of benzene rings is 1. The van der Waals surface area contributed by atoms with Crippen molar-refractivity contribution in [2.45, 2.75) is 0 Å². The van der Waals surface area contributed by atoms with Gasteiger partial charge in [-0.25, -0.2) is 4.79 Å². The van der Waals surface area contributed by atoms with Gasteiger partial charge < -0.3 is 19.9 Å². The monoisotopic (exact) mass is 346 g/mol. The van der Waals surface area contributed by atoms with Crippen LogP contribution in [0, 0.1) is 0 Å². The van der Waals surface area contributed by atoms with E-state index in [0.29, 0.717) is 29.5 Å². The number of methoxy groups -OCH3 is 1. The molecule has 1 aromatic carbocycles. The largest absolute Gasteiger partial charge is 0.495 e. The number of aromatic nitrogens is 1. The number of halogens is 1. The third-order valence-electron chi connectivity index (χ3n) is 4.00. The highest BCUT2D eigenvalue weighted by Crippen LogP contribution is 2.27. The number of hydrogen-bond donors (Lipinski definition) is 1. The molecule has 1 aliphatic heterocycles. The quantitative estimate of drug-likeness (QED) is 0.927. The van der Waals surface area contributed by atoms with Crippen LogP contribution < -0.4 is 15.0 Å². The minimum Gasteiger partial charge on any atom is -0.495 e. The molecule has 1 aliphatic rings. The molecule has 0 aliphatic carbocycles. The second-order valence-electron chi connectivity index (χ2n) is 5.46. The predicted molar refractivity (Wildman–Crippen MR) is 95.0 cm³/mol. The molecule has 0 unspecified atom stereocenters. The Bertz CT molecular complexity index is 703. The second kappa shape index (κ2) is 7.40. The Hall–Kier alpha value is -2.47. The van der Waals surface area contributed by atoms with Gasteiger partial charge in [-0.2, -0.15) is 0 Å². The lowest BCUT2D eigenvalue weighted by Gasteiger charge is -2.36. The van der Waals surface area contributed by atoms with Crippen LogP contribution in [0.3, 0.4) is 0 Å². The lowest BCUT2D eigenvalue weighted by atomic mass is 10.2. The van der Waals surface area contributed by atoms with Crippen molar-refractivity contribution in [1.82, 2.24) is 9.88 Å². The molecule has 0 bridgehead atoms. The molecule has 0 spiro atoms. The van der Waals surface area contributed by atoms with Crippen LogP contribution in [0.4, 0.5) is 16.2 Å². The number of ether oxygens (including phenoxy) is 1. The van der Waals surface area contributed by atoms with Gasteiger partial charge in [0.05, 0.1) is 12.1 Å². The lowest BCUT2D eigenvalue weighted by molar-refractivity contribution is 0.208.